The Morgan fingerprint density at radius 3 is 2.81 bits per heavy atom. The van der Waals surface area contributed by atoms with E-state index < -0.39 is 11.5 Å². The van der Waals surface area contributed by atoms with Crippen LogP contribution >= 0.6 is 0 Å². The number of carbonyl (C=O) groups excluding carboxylic acids is 1. The molecule has 3 aliphatic heterocycles. The predicted molar refractivity (Wildman–Crippen MR) is 76.9 cm³/mol. The number of ether oxygens (including phenoxy) is 2. The highest BCUT2D eigenvalue weighted by molar-refractivity contribution is 5.84. The average Bonchev–Trinajstić information content (AvgIpc) is 2.75. The Morgan fingerprint density at radius 2 is 2.10 bits per heavy atom. The fraction of sp³-hybridized carbons (Fsp3) is 0.933. The molecule has 6 nitrogen and oxygen atoms in total. The second-order valence-electron chi connectivity index (χ2n) is 6.57. The van der Waals surface area contributed by atoms with Gasteiger partial charge in [-0.05, 0) is 19.3 Å². The number of amides is 1. The van der Waals surface area contributed by atoms with Gasteiger partial charge in [-0.15, -0.1) is 0 Å². The smallest absolute Gasteiger partial charge is 0.230 e. The van der Waals surface area contributed by atoms with Crippen molar-refractivity contribution in [3.63, 3.8) is 0 Å². The molecular formula is C15H26N2O4. The first-order valence-corrected chi connectivity index (χ1v) is 8.05. The third kappa shape index (κ3) is 3.23. The second-order valence-corrected chi connectivity index (χ2v) is 6.57. The number of rotatable bonds is 2. The molecule has 3 fully saturated rings. The van der Waals surface area contributed by atoms with Gasteiger partial charge in [-0.25, -0.2) is 0 Å². The number of hydrogen-bond acceptors (Lipinski definition) is 5. The lowest BCUT2D eigenvalue weighted by Crippen LogP contribution is -2.61. The van der Waals surface area contributed by atoms with Crippen molar-refractivity contribution in [2.75, 3.05) is 52.6 Å². The summed E-state index contributed by atoms with van der Waals surface area (Å²) in [5.41, 5.74) is -0.608. The van der Waals surface area contributed by atoms with Crippen molar-refractivity contribution in [2.45, 2.75) is 25.4 Å². The van der Waals surface area contributed by atoms with Gasteiger partial charge in [0.1, 0.15) is 0 Å². The standard InChI is InChI=1S/C15H26N2O4/c18-13-2-5-17(8-12-9-20-6-7-21-10-12)11-15(13)3-1-4-16-14(15)19/h12-13,18H,1-11H2,(H,16,19)/t13-,15+/m0/s1. The number of likely N-dealkylation sites (tertiary alicyclic amines) is 1. The summed E-state index contributed by atoms with van der Waals surface area (Å²) in [6, 6.07) is 0. The zero-order valence-electron chi connectivity index (χ0n) is 12.6. The van der Waals surface area contributed by atoms with E-state index in [2.05, 4.69) is 10.2 Å². The predicted octanol–water partition coefficient (Wildman–Crippen LogP) is -0.388. The number of nitrogens with one attached hydrogen (secondary N) is 1. The van der Waals surface area contributed by atoms with Crippen molar-refractivity contribution in [2.24, 2.45) is 11.3 Å². The molecule has 1 spiro atoms. The summed E-state index contributed by atoms with van der Waals surface area (Å²) in [5, 5.41) is 13.3. The minimum Gasteiger partial charge on any atom is -0.392 e. The molecule has 120 valence electrons. The Hall–Kier alpha value is -0.690. The summed E-state index contributed by atoms with van der Waals surface area (Å²) >= 11 is 0. The molecule has 0 aromatic heterocycles. The Kier molecular flexibility index (Phi) is 4.78. The maximum absolute atomic E-state index is 12.3. The number of aliphatic hydroxyl groups is 1. The molecule has 0 radical (unpaired) electrons. The molecule has 3 aliphatic rings. The molecule has 3 heterocycles. The van der Waals surface area contributed by atoms with Crippen molar-refractivity contribution in [3.05, 3.63) is 0 Å². The van der Waals surface area contributed by atoms with Gasteiger partial charge in [0.05, 0.1) is 37.9 Å². The molecule has 1 amide bonds. The summed E-state index contributed by atoms with van der Waals surface area (Å²) in [7, 11) is 0. The Bertz CT molecular complexity index is 371. The van der Waals surface area contributed by atoms with Crippen LogP contribution in [-0.2, 0) is 14.3 Å². The lowest BCUT2D eigenvalue weighted by Gasteiger charge is -2.47. The van der Waals surface area contributed by atoms with Gasteiger partial charge in [-0.3, -0.25) is 4.79 Å². The van der Waals surface area contributed by atoms with E-state index in [4.69, 9.17) is 9.47 Å². The van der Waals surface area contributed by atoms with Crippen LogP contribution in [0.5, 0.6) is 0 Å². The van der Waals surface area contributed by atoms with E-state index in [9.17, 15) is 9.90 Å². The normalized spacial score (nSPS) is 36.4. The van der Waals surface area contributed by atoms with Crippen LogP contribution < -0.4 is 5.32 Å². The zero-order valence-corrected chi connectivity index (χ0v) is 12.6. The molecule has 2 atom stereocenters. The van der Waals surface area contributed by atoms with E-state index >= 15 is 0 Å². The maximum Gasteiger partial charge on any atom is 0.230 e. The Morgan fingerprint density at radius 1 is 1.33 bits per heavy atom. The van der Waals surface area contributed by atoms with Crippen LogP contribution in [0.1, 0.15) is 19.3 Å². The van der Waals surface area contributed by atoms with Crippen LogP contribution in [0.25, 0.3) is 0 Å². The van der Waals surface area contributed by atoms with E-state index in [1.807, 2.05) is 0 Å². The average molecular weight is 298 g/mol. The summed E-state index contributed by atoms with van der Waals surface area (Å²) in [6.45, 7) is 5.88. The molecule has 3 saturated heterocycles. The molecule has 0 aliphatic carbocycles. The van der Waals surface area contributed by atoms with Crippen molar-refractivity contribution in [1.82, 2.24) is 10.2 Å². The van der Waals surface area contributed by atoms with Gasteiger partial charge in [0.25, 0.3) is 0 Å². The van der Waals surface area contributed by atoms with E-state index in [-0.39, 0.29) is 5.91 Å². The van der Waals surface area contributed by atoms with Crippen LogP contribution in [0.2, 0.25) is 0 Å². The molecule has 3 rings (SSSR count). The molecule has 2 N–H and O–H groups in total. The molecule has 0 aromatic carbocycles. The fourth-order valence-corrected chi connectivity index (χ4v) is 3.82. The van der Waals surface area contributed by atoms with Gasteiger partial charge in [0.2, 0.25) is 5.91 Å². The van der Waals surface area contributed by atoms with E-state index in [0.29, 0.717) is 32.1 Å². The van der Waals surface area contributed by atoms with Crippen molar-refractivity contribution < 1.29 is 19.4 Å². The van der Waals surface area contributed by atoms with Crippen LogP contribution in [0, 0.1) is 11.3 Å². The Balaban J connectivity index is 1.63. The number of aliphatic hydroxyl groups excluding tert-OH is 1. The summed E-state index contributed by atoms with van der Waals surface area (Å²) in [4.78, 5) is 14.6. The van der Waals surface area contributed by atoms with Crippen molar-refractivity contribution in [3.8, 4) is 0 Å². The number of carbonyl (C=O) groups is 1. The highest BCUT2D eigenvalue weighted by atomic mass is 16.5. The number of piperidine rings is 2. The van der Waals surface area contributed by atoms with Crippen molar-refractivity contribution in [1.29, 1.82) is 0 Å². The number of nitrogens with zero attached hydrogens (tertiary/aromatic N) is 1. The van der Waals surface area contributed by atoms with Gasteiger partial charge < -0.3 is 24.8 Å². The summed E-state index contributed by atoms with van der Waals surface area (Å²) < 4.78 is 11.1. The first-order valence-electron chi connectivity index (χ1n) is 8.05. The van der Waals surface area contributed by atoms with Gasteiger partial charge in [0.15, 0.2) is 0 Å². The summed E-state index contributed by atoms with van der Waals surface area (Å²) in [6.07, 6.45) is 1.89. The molecule has 6 heteroatoms. The third-order valence-corrected chi connectivity index (χ3v) is 5.00. The fourth-order valence-electron chi connectivity index (χ4n) is 3.82. The first-order chi connectivity index (χ1) is 10.2. The van der Waals surface area contributed by atoms with E-state index in [1.54, 1.807) is 0 Å². The SMILES string of the molecule is O=C1NCCC[C@]12CN(CC1COCCOC1)CC[C@@H]2O. The molecule has 0 unspecified atom stereocenters. The molecular weight excluding hydrogens is 272 g/mol. The minimum absolute atomic E-state index is 0.0271. The number of hydrogen-bond donors (Lipinski definition) is 2. The lowest BCUT2D eigenvalue weighted by atomic mass is 9.71. The van der Waals surface area contributed by atoms with Gasteiger partial charge in [-0.2, -0.15) is 0 Å². The largest absolute Gasteiger partial charge is 0.392 e. The maximum atomic E-state index is 12.3. The monoisotopic (exact) mass is 298 g/mol. The summed E-state index contributed by atoms with van der Waals surface area (Å²) in [5.74, 6) is 0.380. The molecule has 0 aromatic rings. The van der Waals surface area contributed by atoms with E-state index in [0.717, 1.165) is 45.7 Å². The topological polar surface area (TPSA) is 71.0 Å². The van der Waals surface area contributed by atoms with Gasteiger partial charge in [0, 0.05) is 32.1 Å². The van der Waals surface area contributed by atoms with E-state index in [1.165, 1.54) is 0 Å². The van der Waals surface area contributed by atoms with Crippen LogP contribution in [0.3, 0.4) is 0 Å². The lowest BCUT2D eigenvalue weighted by molar-refractivity contribution is -0.149. The second kappa shape index (κ2) is 6.60. The Labute approximate surface area is 125 Å². The minimum atomic E-state index is -0.608. The van der Waals surface area contributed by atoms with Crippen LogP contribution in [-0.4, -0.2) is 74.6 Å². The molecule has 0 saturated carbocycles. The zero-order chi connectivity index (χ0) is 14.7. The first kappa shape index (κ1) is 15.2. The highest BCUT2D eigenvalue weighted by Gasteiger charge is 2.49. The van der Waals surface area contributed by atoms with Crippen LogP contribution in [0.4, 0.5) is 0 Å². The van der Waals surface area contributed by atoms with Crippen molar-refractivity contribution >= 4 is 5.91 Å². The quantitative estimate of drug-likeness (QED) is 0.727. The third-order valence-electron chi connectivity index (χ3n) is 5.00. The molecule has 0 bridgehead atoms. The van der Waals surface area contributed by atoms with Gasteiger partial charge >= 0.3 is 0 Å². The van der Waals surface area contributed by atoms with Crippen LogP contribution in [0.15, 0.2) is 0 Å². The van der Waals surface area contributed by atoms with Gasteiger partial charge in [-0.1, -0.05) is 0 Å². The molecule has 21 heavy (non-hydrogen) atoms. The highest BCUT2D eigenvalue weighted by Crippen LogP contribution is 2.37.